The van der Waals surface area contributed by atoms with E-state index in [2.05, 4.69) is 27.1 Å². The van der Waals surface area contributed by atoms with E-state index >= 15 is 0 Å². The number of carbonyl (C=O) groups excluding carboxylic acids is 1. The van der Waals surface area contributed by atoms with Crippen molar-refractivity contribution in [2.45, 2.75) is 31.7 Å². The van der Waals surface area contributed by atoms with Gasteiger partial charge < -0.3 is 16.0 Å². The van der Waals surface area contributed by atoms with Crippen molar-refractivity contribution in [3.63, 3.8) is 0 Å². The molecule has 32 heavy (non-hydrogen) atoms. The SMILES string of the molecule is C[C@H](Cc1nc(Cc2cnccn2)cc(N2CCNC(C(N)=O)C2)n1)c1ccc(F)cc1. The topological polar surface area (TPSA) is 110 Å². The van der Waals surface area contributed by atoms with Crippen LogP contribution < -0.4 is 16.0 Å². The predicted octanol–water partition coefficient (Wildman–Crippen LogP) is 1.61. The minimum Gasteiger partial charge on any atom is -0.368 e. The first-order valence-corrected chi connectivity index (χ1v) is 10.6. The van der Waals surface area contributed by atoms with E-state index in [1.54, 1.807) is 30.7 Å². The fourth-order valence-corrected chi connectivity index (χ4v) is 3.82. The minimum atomic E-state index is -0.427. The maximum absolute atomic E-state index is 13.3. The van der Waals surface area contributed by atoms with Gasteiger partial charge in [-0.3, -0.25) is 14.8 Å². The van der Waals surface area contributed by atoms with Gasteiger partial charge in [-0.05, 0) is 23.6 Å². The number of rotatable bonds is 7. The van der Waals surface area contributed by atoms with Gasteiger partial charge in [0.2, 0.25) is 5.91 Å². The quantitative estimate of drug-likeness (QED) is 0.580. The Morgan fingerprint density at radius 1 is 1.25 bits per heavy atom. The lowest BCUT2D eigenvalue weighted by molar-refractivity contribution is -0.120. The predicted molar refractivity (Wildman–Crippen MR) is 119 cm³/mol. The number of nitrogens with one attached hydrogen (secondary N) is 1. The second-order valence-electron chi connectivity index (χ2n) is 8.02. The van der Waals surface area contributed by atoms with Crippen LogP contribution in [0.25, 0.3) is 0 Å². The number of nitrogens with zero attached hydrogens (tertiary/aromatic N) is 5. The van der Waals surface area contributed by atoms with Crippen molar-refractivity contribution in [3.05, 3.63) is 77.5 Å². The van der Waals surface area contributed by atoms with E-state index in [0.29, 0.717) is 38.3 Å². The van der Waals surface area contributed by atoms with Crippen LogP contribution in [0, 0.1) is 5.82 Å². The molecule has 0 saturated carbocycles. The van der Waals surface area contributed by atoms with Crippen LogP contribution in [0.2, 0.25) is 0 Å². The second kappa shape index (κ2) is 9.78. The third-order valence-corrected chi connectivity index (χ3v) is 5.56. The van der Waals surface area contributed by atoms with Gasteiger partial charge in [0.15, 0.2) is 0 Å². The molecule has 1 unspecified atom stereocenters. The van der Waals surface area contributed by atoms with Crippen molar-refractivity contribution in [3.8, 4) is 0 Å². The highest BCUT2D eigenvalue weighted by Crippen LogP contribution is 2.22. The first kappa shape index (κ1) is 21.8. The average Bonchev–Trinajstić information content (AvgIpc) is 2.80. The van der Waals surface area contributed by atoms with Crippen molar-refractivity contribution in [1.82, 2.24) is 25.3 Å². The van der Waals surface area contributed by atoms with Gasteiger partial charge in [-0.15, -0.1) is 0 Å². The van der Waals surface area contributed by atoms with Crippen LogP contribution in [0.15, 0.2) is 48.9 Å². The molecule has 3 heterocycles. The van der Waals surface area contributed by atoms with Gasteiger partial charge in [0.05, 0.1) is 11.4 Å². The van der Waals surface area contributed by atoms with Crippen molar-refractivity contribution >= 4 is 11.7 Å². The molecule has 1 saturated heterocycles. The smallest absolute Gasteiger partial charge is 0.236 e. The summed E-state index contributed by atoms with van der Waals surface area (Å²) in [5.41, 5.74) is 8.16. The summed E-state index contributed by atoms with van der Waals surface area (Å²) in [7, 11) is 0. The van der Waals surface area contributed by atoms with E-state index in [0.717, 1.165) is 22.8 Å². The zero-order valence-electron chi connectivity index (χ0n) is 17.9. The molecule has 2 atom stereocenters. The Bertz CT molecular complexity index is 1060. The van der Waals surface area contributed by atoms with Gasteiger partial charge >= 0.3 is 0 Å². The Morgan fingerprint density at radius 3 is 2.78 bits per heavy atom. The van der Waals surface area contributed by atoms with Crippen LogP contribution in [0.1, 0.15) is 35.6 Å². The molecule has 3 N–H and O–H groups in total. The van der Waals surface area contributed by atoms with Crippen LogP contribution in [-0.4, -0.2) is 51.5 Å². The lowest BCUT2D eigenvalue weighted by Gasteiger charge is -2.33. The molecule has 2 aromatic heterocycles. The molecule has 166 valence electrons. The molecule has 3 aromatic rings. The van der Waals surface area contributed by atoms with Crippen molar-refractivity contribution in [2.24, 2.45) is 5.73 Å². The van der Waals surface area contributed by atoms with E-state index in [9.17, 15) is 9.18 Å². The van der Waals surface area contributed by atoms with E-state index < -0.39 is 6.04 Å². The largest absolute Gasteiger partial charge is 0.368 e. The zero-order valence-corrected chi connectivity index (χ0v) is 17.9. The monoisotopic (exact) mass is 435 g/mol. The fourth-order valence-electron chi connectivity index (χ4n) is 3.82. The van der Waals surface area contributed by atoms with Gasteiger partial charge in [0, 0.05) is 57.1 Å². The number of piperazine rings is 1. The zero-order chi connectivity index (χ0) is 22.5. The Labute approximate surface area is 186 Å². The van der Waals surface area contributed by atoms with Crippen LogP contribution in [-0.2, 0) is 17.6 Å². The Kier molecular flexibility index (Phi) is 6.65. The summed E-state index contributed by atoms with van der Waals surface area (Å²) in [6, 6.07) is 8.02. The standard InChI is InChI=1S/C23H26FN7O/c1-15(16-2-4-17(24)5-3-16)10-21-29-18(11-19-13-26-6-7-27-19)12-22(30-21)31-9-8-28-20(14-31)23(25)32/h2-7,12-13,15,20,28H,8-11,14H2,1H3,(H2,25,32)/t15-,20?/m1/s1. The van der Waals surface area contributed by atoms with Gasteiger partial charge in [-0.25, -0.2) is 14.4 Å². The molecular weight excluding hydrogens is 409 g/mol. The number of hydrogen-bond donors (Lipinski definition) is 2. The number of benzene rings is 1. The number of primary amides is 1. The molecule has 9 heteroatoms. The number of hydrogen-bond acceptors (Lipinski definition) is 7. The van der Waals surface area contributed by atoms with Gasteiger partial charge in [-0.2, -0.15) is 0 Å². The summed E-state index contributed by atoms with van der Waals surface area (Å²) in [4.78, 5) is 31.8. The molecule has 1 fully saturated rings. The second-order valence-corrected chi connectivity index (χ2v) is 8.02. The maximum atomic E-state index is 13.3. The lowest BCUT2D eigenvalue weighted by atomic mass is 9.97. The lowest BCUT2D eigenvalue weighted by Crippen LogP contribution is -2.56. The summed E-state index contributed by atoms with van der Waals surface area (Å²) in [5, 5.41) is 3.14. The maximum Gasteiger partial charge on any atom is 0.236 e. The van der Waals surface area contributed by atoms with E-state index in [-0.39, 0.29) is 17.6 Å². The number of amides is 1. The van der Waals surface area contributed by atoms with E-state index in [1.165, 1.54) is 12.1 Å². The molecule has 0 radical (unpaired) electrons. The normalized spacial score (nSPS) is 17.2. The van der Waals surface area contributed by atoms with E-state index in [4.69, 9.17) is 15.7 Å². The Hall–Kier alpha value is -3.46. The Balaban J connectivity index is 1.62. The first-order chi connectivity index (χ1) is 15.5. The number of halogens is 1. The Morgan fingerprint density at radius 2 is 2.06 bits per heavy atom. The molecule has 1 aliphatic heterocycles. The van der Waals surface area contributed by atoms with Crippen molar-refractivity contribution in [2.75, 3.05) is 24.5 Å². The summed E-state index contributed by atoms with van der Waals surface area (Å²) >= 11 is 0. The summed E-state index contributed by atoms with van der Waals surface area (Å²) in [5.74, 6) is 0.916. The first-order valence-electron chi connectivity index (χ1n) is 10.6. The van der Waals surface area contributed by atoms with Gasteiger partial charge in [-0.1, -0.05) is 19.1 Å². The highest BCUT2D eigenvalue weighted by Gasteiger charge is 2.25. The molecule has 1 aromatic carbocycles. The van der Waals surface area contributed by atoms with Crippen LogP contribution in [0.5, 0.6) is 0 Å². The molecular formula is C23H26FN7O. The molecule has 8 nitrogen and oxygen atoms in total. The summed E-state index contributed by atoms with van der Waals surface area (Å²) < 4.78 is 13.3. The van der Waals surface area contributed by atoms with Crippen molar-refractivity contribution < 1.29 is 9.18 Å². The number of nitrogens with two attached hydrogens (primary N) is 1. The fraction of sp³-hybridized carbons (Fsp3) is 0.348. The molecule has 4 rings (SSSR count). The third-order valence-electron chi connectivity index (χ3n) is 5.56. The van der Waals surface area contributed by atoms with Crippen LogP contribution in [0.3, 0.4) is 0 Å². The highest BCUT2D eigenvalue weighted by atomic mass is 19.1. The van der Waals surface area contributed by atoms with Gasteiger partial charge in [0.25, 0.3) is 0 Å². The van der Waals surface area contributed by atoms with E-state index in [1.807, 2.05) is 6.07 Å². The molecule has 1 amide bonds. The van der Waals surface area contributed by atoms with Crippen LogP contribution in [0.4, 0.5) is 10.2 Å². The van der Waals surface area contributed by atoms with Gasteiger partial charge in [0.1, 0.15) is 23.5 Å². The molecule has 0 bridgehead atoms. The average molecular weight is 436 g/mol. The number of anilines is 1. The summed E-state index contributed by atoms with van der Waals surface area (Å²) in [6.45, 7) is 3.86. The number of carbonyl (C=O) groups is 1. The number of aromatic nitrogens is 4. The van der Waals surface area contributed by atoms with Crippen LogP contribution >= 0.6 is 0 Å². The highest BCUT2D eigenvalue weighted by molar-refractivity contribution is 5.80. The molecule has 1 aliphatic rings. The van der Waals surface area contributed by atoms with Crippen molar-refractivity contribution in [1.29, 1.82) is 0 Å². The minimum absolute atomic E-state index is 0.108. The third kappa shape index (κ3) is 5.42. The molecule has 0 aliphatic carbocycles. The molecule has 0 spiro atoms. The summed E-state index contributed by atoms with van der Waals surface area (Å²) in [6.07, 6.45) is 6.12.